The van der Waals surface area contributed by atoms with Crippen molar-refractivity contribution in [1.29, 1.82) is 0 Å². The van der Waals surface area contributed by atoms with Crippen LogP contribution in [0.3, 0.4) is 0 Å². The first-order valence-corrected chi connectivity index (χ1v) is 9.90. The highest BCUT2D eigenvalue weighted by Crippen LogP contribution is 2.46. The second kappa shape index (κ2) is 6.48. The van der Waals surface area contributed by atoms with Crippen LogP contribution in [0.15, 0.2) is 23.4 Å². The normalized spacial score (nSPS) is 18.2. The quantitative estimate of drug-likeness (QED) is 0.787. The minimum absolute atomic E-state index is 0.00951. The summed E-state index contributed by atoms with van der Waals surface area (Å²) in [5, 5.41) is 12.5. The third kappa shape index (κ3) is 3.59. The second-order valence-electron chi connectivity index (χ2n) is 7.28. The first-order chi connectivity index (χ1) is 12.0. The highest BCUT2D eigenvalue weighted by Gasteiger charge is 2.37. The zero-order valence-electron chi connectivity index (χ0n) is 15.0. The molecule has 2 aliphatic rings. The van der Waals surface area contributed by atoms with E-state index in [0.29, 0.717) is 12.0 Å². The van der Waals surface area contributed by atoms with Crippen LogP contribution in [-0.2, 0) is 4.79 Å². The predicted octanol–water partition coefficient (Wildman–Crippen LogP) is 4.23. The molecule has 1 aromatic heterocycles. The Labute approximate surface area is 152 Å². The van der Waals surface area contributed by atoms with Crippen molar-refractivity contribution in [3.63, 3.8) is 0 Å². The monoisotopic (exact) mass is 356 g/mol. The van der Waals surface area contributed by atoms with Gasteiger partial charge in [-0.3, -0.25) is 4.79 Å². The van der Waals surface area contributed by atoms with Gasteiger partial charge in [0.15, 0.2) is 5.16 Å². The van der Waals surface area contributed by atoms with Gasteiger partial charge < -0.3 is 9.88 Å². The Balaban J connectivity index is 1.46. The van der Waals surface area contributed by atoms with E-state index in [0.717, 1.165) is 22.2 Å². The number of aryl methyl sites for hydroxylation is 2. The van der Waals surface area contributed by atoms with E-state index < -0.39 is 0 Å². The van der Waals surface area contributed by atoms with Crippen molar-refractivity contribution < 1.29 is 4.79 Å². The van der Waals surface area contributed by atoms with E-state index in [-0.39, 0.29) is 11.2 Å². The molecule has 1 unspecified atom stereocenters. The molecule has 1 amide bonds. The smallest absolute Gasteiger partial charge is 0.237 e. The summed E-state index contributed by atoms with van der Waals surface area (Å²) in [6.45, 7) is 6.01. The molecular formula is C19H24N4OS. The highest BCUT2D eigenvalue weighted by atomic mass is 32.2. The maximum absolute atomic E-state index is 12.6. The van der Waals surface area contributed by atoms with E-state index in [9.17, 15) is 4.79 Å². The number of hydrogen-bond acceptors (Lipinski definition) is 4. The Morgan fingerprint density at radius 1 is 1.24 bits per heavy atom. The minimum atomic E-state index is -0.213. The summed E-state index contributed by atoms with van der Waals surface area (Å²) in [7, 11) is 0. The van der Waals surface area contributed by atoms with Crippen LogP contribution in [0.1, 0.15) is 61.5 Å². The number of thioether (sulfide) groups is 1. The average molecular weight is 356 g/mol. The van der Waals surface area contributed by atoms with E-state index in [2.05, 4.69) is 33.1 Å². The number of aromatic nitrogens is 3. The number of nitrogens with zero attached hydrogens (tertiary/aromatic N) is 3. The van der Waals surface area contributed by atoms with Gasteiger partial charge in [-0.2, -0.15) is 0 Å². The van der Waals surface area contributed by atoms with E-state index in [1.165, 1.54) is 43.0 Å². The molecule has 0 saturated heterocycles. The molecule has 0 aliphatic heterocycles. The Kier molecular flexibility index (Phi) is 4.31. The number of carbonyl (C=O) groups excluding carboxylic acids is 1. The third-order valence-electron chi connectivity index (χ3n) is 4.84. The average Bonchev–Trinajstić information content (AvgIpc) is 3.49. The lowest BCUT2D eigenvalue weighted by Gasteiger charge is -2.14. The molecule has 0 bridgehead atoms. The zero-order valence-corrected chi connectivity index (χ0v) is 15.8. The molecule has 2 fully saturated rings. The van der Waals surface area contributed by atoms with Gasteiger partial charge in [0.05, 0.1) is 5.25 Å². The number of benzene rings is 1. The molecule has 2 saturated carbocycles. The fourth-order valence-electron chi connectivity index (χ4n) is 3.06. The van der Waals surface area contributed by atoms with Crippen molar-refractivity contribution in [1.82, 2.24) is 14.8 Å². The number of rotatable bonds is 6. The maximum atomic E-state index is 12.6. The van der Waals surface area contributed by atoms with Crippen molar-refractivity contribution in [3.05, 3.63) is 35.2 Å². The predicted molar refractivity (Wildman–Crippen MR) is 100 cm³/mol. The van der Waals surface area contributed by atoms with Gasteiger partial charge in [-0.15, -0.1) is 10.2 Å². The van der Waals surface area contributed by atoms with Crippen molar-refractivity contribution in [2.45, 2.75) is 68.8 Å². The first-order valence-electron chi connectivity index (χ1n) is 9.02. The van der Waals surface area contributed by atoms with Gasteiger partial charge in [0.25, 0.3) is 0 Å². The SMILES string of the molecule is Cc1ccc(NC(=O)C(C)Sc2nnc(C3CC3)n2C2CC2)c(C)c1. The molecular weight excluding hydrogens is 332 g/mol. The van der Waals surface area contributed by atoms with Gasteiger partial charge >= 0.3 is 0 Å². The molecule has 25 heavy (non-hydrogen) atoms. The number of hydrogen-bond donors (Lipinski definition) is 1. The van der Waals surface area contributed by atoms with Crippen molar-refractivity contribution >= 4 is 23.4 Å². The highest BCUT2D eigenvalue weighted by molar-refractivity contribution is 8.00. The van der Waals surface area contributed by atoms with Gasteiger partial charge in [-0.25, -0.2) is 0 Å². The molecule has 1 aromatic carbocycles. The van der Waals surface area contributed by atoms with Gasteiger partial charge in [-0.1, -0.05) is 29.5 Å². The molecule has 132 valence electrons. The summed E-state index contributed by atoms with van der Waals surface area (Å²) in [5.41, 5.74) is 3.16. The summed E-state index contributed by atoms with van der Waals surface area (Å²) in [5.74, 6) is 1.73. The van der Waals surface area contributed by atoms with Crippen LogP contribution in [0.4, 0.5) is 5.69 Å². The lowest BCUT2D eigenvalue weighted by atomic mass is 10.1. The Morgan fingerprint density at radius 3 is 2.64 bits per heavy atom. The topological polar surface area (TPSA) is 59.8 Å². The Morgan fingerprint density at radius 2 is 2.00 bits per heavy atom. The molecule has 4 rings (SSSR count). The van der Waals surface area contributed by atoms with Gasteiger partial charge in [-0.05, 0) is 58.1 Å². The summed E-state index contributed by atoms with van der Waals surface area (Å²) < 4.78 is 2.29. The summed E-state index contributed by atoms with van der Waals surface area (Å²) in [4.78, 5) is 12.6. The standard InChI is InChI=1S/C19H24N4OS/c1-11-4-9-16(12(2)10-11)20-18(24)13(3)25-19-22-21-17(14-5-6-14)23(19)15-7-8-15/h4,9-10,13-15H,5-8H2,1-3H3,(H,20,24). The minimum Gasteiger partial charge on any atom is -0.325 e. The number of anilines is 1. The van der Waals surface area contributed by atoms with Crippen LogP contribution < -0.4 is 5.32 Å². The van der Waals surface area contributed by atoms with Crippen LogP contribution >= 0.6 is 11.8 Å². The van der Waals surface area contributed by atoms with Gasteiger partial charge in [0, 0.05) is 17.6 Å². The second-order valence-corrected chi connectivity index (χ2v) is 8.59. The van der Waals surface area contributed by atoms with Crippen molar-refractivity contribution in [3.8, 4) is 0 Å². The summed E-state index contributed by atoms with van der Waals surface area (Å²) >= 11 is 1.52. The summed E-state index contributed by atoms with van der Waals surface area (Å²) in [6.07, 6.45) is 4.85. The van der Waals surface area contributed by atoms with Crippen LogP contribution in [0.5, 0.6) is 0 Å². The van der Waals surface area contributed by atoms with E-state index in [4.69, 9.17) is 0 Å². The largest absolute Gasteiger partial charge is 0.325 e. The Bertz CT molecular complexity index is 808. The van der Waals surface area contributed by atoms with E-state index >= 15 is 0 Å². The molecule has 0 radical (unpaired) electrons. The van der Waals surface area contributed by atoms with E-state index in [1.807, 2.05) is 26.0 Å². The fourth-order valence-corrected chi connectivity index (χ4v) is 3.99. The molecule has 2 aliphatic carbocycles. The number of carbonyl (C=O) groups is 1. The van der Waals surface area contributed by atoms with Crippen LogP contribution in [0.2, 0.25) is 0 Å². The summed E-state index contributed by atoms with van der Waals surface area (Å²) in [6, 6.07) is 6.62. The third-order valence-corrected chi connectivity index (χ3v) is 5.89. The Hall–Kier alpha value is -1.82. The lowest BCUT2D eigenvalue weighted by molar-refractivity contribution is -0.115. The molecule has 2 aromatic rings. The maximum Gasteiger partial charge on any atom is 0.237 e. The number of nitrogens with one attached hydrogen (secondary N) is 1. The lowest BCUT2D eigenvalue weighted by Crippen LogP contribution is -2.23. The van der Waals surface area contributed by atoms with E-state index in [1.54, 1.807) is 0 Å². The molecule has 0 spiro atoms. The first kappa shape index (κ1) is 16.6. The van der Waals surface area contributed by atoms with Crippen LogP contribution in [0, 0.1) is 13.8 Å². The van der Waals surface area contributed by atoms with Gasteiger partial charge in [0.1, 0.15) is 5.82 Å². The van der Waals surface area contributed by atoms with Crippen molar-refractivity contribution in [2.24, 2.45) is 0 Å². The van der Waals surface area contributed by atoms with Gasteiger partial charge in [0.2, 0.25) is 5.91 Å². The fraction of sp³-hybridized carbons (Fsp3) is 0.526. The zero-order chi connectivity index (χ0) is 17.6. The molecule has 6 heteroatoms. The molecule has 5 nitrogen and oxygen atoms in total. The number of amides is 1. The molecule has 1 atom stereocenters. The van der Waals surface area contributed by atoms with Crippen molar-refractivity contribution in [2.75, 3.05) is 5.32 Å². The molecule has 1 N–H and O–H groups in total. The molecule has 1 heterocycles. The van der Waals surface area contributed by atoms with Crippen LogP contribution in [0.25, 0.3) is 0 Å². The van der Waals surface area contributed by atoms with Crippen LogP contribution in [-0.4, -0.2) is 25.9 Å².